The van der Waals surface area contributed by atoms with Crippen LogP contribution in [-0.2, 0) is 0 Å². The molecule has 0 aliphatic rings. The third-order valence-corrected chi connectivity index (χ3v) is 2.15. The van der Waals surface area contributed by atoms with Gasteiger partial charge in [0.05, 0.1) is 6.61 Å². The van der Waals surface area contributed by atoms with Gasteiger partial charge < -0.3 is 10.1 Å². The second-order valence-corrected chi connectivity index (χ2v) is 4.96. The summed E-state index contributed by atoms with van der Waals surface area (Å²) in [6.07, 6.45) is 0. The van der Waals surface area contributed by atoms with Crippen LogP contribution in [0.2, 0.25) is 0 Å². The first-order chi connectivity index (χ1) is 8.95. The molecule has 1 N–H and O–H groups in total. The Bertz CT molecular complexity index is 295. The van der Waals surface area contributed by atoms with E-state index in [1.54, 1.807) is 0 Å². The number of aryl methyl sites for hydroxylation is 1. The van der Waals surface area contributed by atoms with Crippen molar-refractivity contribution in [1.29, 1.82) is 0 Å². The molecule has 0 amide bonds. The molecule has 2 nitrogen and oxygen atoms in total. The first-order valence-corrected chi connectivity index (χ1v) is 7.32. The van der Waals surface area contributed by atoms with Crippen LogP contribution in [0, 0.1) is 12.8 Å². The number of hydrogen-bond acceptors (Lipinski definition) is 2. The molecular weight excluding hydrogens is 234 g/mol. The van der Waals surface area contributed by atoms with Gasteiger partial charge in [-0.3, -0.25) is 0 Å². The van der Waals surface area contributed by atoms with Gasteiger partial charge in [-0.25, -0.2) is 0 Å². The smallest absolute Gasteiger partial charge is 0.119 e. The third kappa shape index (κ3) is 14.9. The van der Waals surface area contributed by atoms with E-state index in [1.165, 1.54) is 5.56 Å². The van der Waals surface area contributed by atoms with E-state index in [0.29, 0.717) is 12.0 Å². The summed E-state index contributed by atoms with van der Waals surface area (Å²) < 4.78 is 5.55. The third-order valence-electron chi connectivity index (χ3n) is 2.15. The fraction of sp³-hybridized carbons (Fsp3) is 0.647. The van der Waals surface area contributed by atoms with Crippen molar-refractivity contribution in [3.8, 4) is 5.75 Å². The van der Waals surface area contributed by atoms with Gasteiger partial charge in [0.2, 0.25) is 0 Å². The van der Waals surface area contributed by atoms with Gasteiger partial charge in [0.25, 0.3) is 0 Å². The van der Waals surface area contributed by atoms with E-state index in [-0.39, 0.29) is 0 Å². The molecule has 0 saturated heterocycles. The van der Waals surface area contributed by atoms with Crippen LogP contribution in [0.1, 0.15) is 47.1 Å². The van der Waals surface area contributed by atoms with Crippen molar-refractivity contribution in [1.82, 2.24) is 5.32 Å². The zero-order valence-electron chi connectivity index (χ0n) is 14.1. The fourth-order valence-electron chi connectivity index (χ4n) is 0.968. The molecule has 0 aliphatic heterocycles. The van der Waals surface area contributed by atoms with Crippen molar-refractivity contribution in [2.75, 3.05) is 13.7 Å². The number of hydrogen-bond donors (Lipinski definition) is 1. The van der Waals surface area contributed by atoms with Gasteiger partial charge in [0.15, 0.2) is 0 Å². The van der Waals surface area contributed by atoms with Crippen molar-refractivity contribution in [2.45, 2.75) is 54.5 Å². The summed E-state index contributed by atoms with van der Waals surface area (Å²) in [4.78, 5) is 0. The average Bonchev–Trinajstić information content (AvgIpc) is 2.39. The molecule has 0 spiro atoms. The molecule has 0 saturated carbocycles. The first kappa shape index (κ1) is 20.3. The number of benzene rings is 1. The van der Waals surface area contributed by atoms with Crippen LogP contribution in [0.25, 0.3) is 0 Å². The van der Waals surface area contributed by atoms with Crippen LogP contribution < -0.4 is 10.1 Å². The maximum Gasteiger partial charge on any atom is 0.119 e. The molecule has 0 radical (unpaired) electrons. The molecule has 0 aliphatic carbocycles. The molecule has 0 bridgehead atoms. The van der Waals surface area contributed by atoms with E-state index < -0.39 is 0 Å². The molecule has 2 heteroatoms. The first-order valence-electron chi connectivity index (χ1n) is 7.32. The zero-order chi connectivity index (χ0) is 15.3. The minimum Gasteiger partial charge on any atom is -0.493 e. The number of rotatable bonds is 4. The van der Waals surface area contributed by atoms with Crippen molar-refractivity contribution in [2.24, 2.45) is 5.92 Å². The minimum atomic E-state index is 0.588. The molecule has 0 aromatic heterocycles. The quantitative estimate of drug-likeness (QED) is 0.856. The Balaban J connectivity index is 0. The Labute approximate surface area is 120 Å². The van der Waals surface area contributed by atoms with Crippen molar-refractivity contribution < 1.29 is 4.74 Å². The molecule has 19 heavy (non-hydrogen) atoms. The monoisotopic (exact) mass is 267 g/mol. The average molecular weight is 267 g/mol. The summed E-state index contributed by atoms with van der Waals surface area (Å²) in [5, 5.41) is 3.03. The summed E-state index contributed by atoms with van der Waals surface area (Å²) in [6, 6.07) is 8.78. The molecule has 1 aromatic rings. The standard InChI is InChI=1S/C11H16O.C4H11N.C2H6/c1-9(2)8-12-11-6-4-5-10(3)7-11;1-4(2)5-3;1-2/h4-7,9H,8H2,1-3H3;4-5H,1-3H3;1-2H3. The molecule has 0 heterocycles. The van der Waals surface area contributed by atoms with Crippen molar-refractivity contribution in [3.63, 3.8) is 0 Å². The number of ether oxygens (including phenoxy) is 1. The highest BCUT2D eigenvalue weighted by Crippen LogP contribution is 2.12. The fourth-order valence-corrected chi connectivity index (χ4v) is 0.968. The Hall–Kier alpha value is -1.02. The summed E-state index contributed by atoms with van der Waals surface area (Å²) in [5.74, 6) is 1.56. The van der Waals surface area contributed by atoms with E-state index in [0.717, 1.165) is 12.4 Å². The van der Waals surface area contributed by atoms with Gasteiger partial charge in [0.1, 0.15) is 5.75 Å². The predicted molar refractivity (Wildman–Crippen MR) is 87.1 cm³/mol. The van der Waals surface area contributed by atoms with Crippen LogP contribution in [0.3, 0.4) is 0 Å². The number of nitrogens with one attached hydrogen (secondary N) is 1. The lowest BCUT2D eigenvalue weighted by molar-refractivity contribution is 0.271. The van der Waals surface area contributed by atoms with Gasteiger partial charge in [-0.1, -0.05) is 53.7 Å². The maximum atomic E-state index is 5.55. The van der Waals surface area contributed by atoms with Crippen LogP contribution in [-0.4, -0.2) is 19.7 Å². The summed E-state index contributed by atoms with van der Waals surface area (Å²) in [5.41, 5.74) is 1.25. The van der Waals surface area contributed by atoms with Crippen molar-refractivity contribution >= 4 is 0 Å². The second kappa shape index (κ2) is 13.4. The normalized spacial score (nSPS) is 9.37. The highest BCUT2D eigenvalue weighted by Gasteiger charge is 1.95. The topological polar surface area (TPSA) is 21.3 Å². The SMILES string of the molecule is CC.CNC(C)C.Cc1cccc(OCC(C)C)c1. The minimum absolute atomic E-state index is 0.588. The largest absolute Gasteiger partial charge is 0.493 e. The van der Waals surface area contributed by atoms with Gasteiger partial charge >= 0.3 is 0 Å². The summed E-state index contributed by atoms with van der Waals surface area (Å²) in [7, 11) is 1.95. The lowest BCUT2D eigenvalue weighted by Gasteiger charge is -2.08. The van der Waals surface area contributed by atoms with Crippen molar-refractivity contribution in [3.05, 3.63) is 29.8 Å². The molecule has 112 valence electrons. The molecule has 0 unspecified atom stereocenters. The van der Waals surface area contributed by atoms with Gasteiger partial charge in [0, 0.05) is 6.04 Å². The van der Waals surface area contributed by atoms with Gasteiger partial charge in [-0.2, -0.15) is 0 Å². The van der Waals surface area contributed by atoms with Crippen LogP contribution in [0.5, 0.6) is 5.75 Å². The predicted octanol–water partition coefficient (Wildman–Crippen LogP) is 4.67. The highest BCUT2D eigenvalue weighted by molar-refractivity contribution is 5.27. The molecule has 0 atom stereocenters. The Morgan fingerprint density at radius 2 is 1.63 bits per heavy atom. The molecule has 1 aromatic carbocycles. The van der Waals surface area contributed by atoms with E-state index in [4.69, 9.17) is 4.74 Å². The van der Waals surface area contributed by atoms with Gasteiger partial charge in [-0.15, -0.1) is 0 Å². The van der Waals surface area contributed by atoms with Crippen LogP contribution >= 0.6 is 0 Å². The van der Waals surface area contributed by atoms with E-state index in [1.807, 2.05) is 33.0 Å². The Kier molecular flexibility index (Phi) is 14.3. The molecular formula is C17H33NO. The molecule has 0 fully saturated rings. The second-order valence-electron chi connectivity index (χ2n) is 4.96. The van der Waals surface area contributed by atoms with Crippen LogP contribution in [0.4, 0.5) is 0 Å². The van der Waals surface area contributed by atoms with E-state index in [2.05, 4.69) is 52.1 Å². The van der Waals surface area contributed by atoms with Gasteiger partial charge in [-0.05, 0) is 37.6 Å². The van der Waals surface area contributed by atoms with E-state index in [9.17, 15) is 0 Å². The maximum absolute atomic E-state index is 5.55. The Morgan fingerprint density at radius 1 is 1.11 bits per heavy atom. The summed E-state index contributed by atoms with van der Waals surface area (Å²) in [6.45, 7) is 15.4. The summed E-state index contributed by atoms with van der Waals surface area (Å²) >= 11 is 0. The Morgan fingerprint density at radius 3 is 2.00 bits per heavy atom. The molecule has 1 rings (SSSR count). The lowest BCUT2D eigenvalue weighted by Crippen LogP contribution is -2.15. The lowest BCUT2D eigenvalue weighted by atomic mass is 10.2. The zero-order valence-corrected chi connectivity index (χ0v) is 14.1. The van der Waals surface area contributed by atoms with Crippen LogP contribution in [0.15, 0.2) is 24.3 Å². The van der Waals surface area contributed by atoms with E-state index >= 15 is 0 Å². The highest BCUT2D eigenvalue weighted by atomic mass is 16.5.